The van der Waals surface area contributed by atoms with Gasteiger partial charge >= 0.3 is 6.03 Å². The van der Waals surface area contributed by atoms with Gasteiger partial charge in [0.15, 0.2) is 0 Å². The zero-order valence-electron chi connectivity index (χ0n) is 16.5. The van der Waals surface area contributed by atoms with Gasteiger partial charge in [0.2, 0.25) is 0 Å². The first-order chi connectivity index (χ1) is 12.9. The van der Waals surface area contributed by atoms with Crippen molar-refractivity contribution >= 4 is 23.5 Å². The number of carbonyl (C=O) groups is 1. The molecule has 1 aliphatic heterocycles. The van der Waals surface area contributed by atoms with E-state index in [4.69, 9.17) is 4.74 Å². The first kappa shape index (κ1) is 19.6. The highest BCUT2D eigenvalue weighted by Gasteiger charge is 2.31. The van der Waals surface area contributed by atoms with E-state index in [9.17, 15) is 4.79 Å². The van der Waals surface area contributed by atoms with Crippen molar-refractivity contribution in [2.45, 2.75) is 38.5 Å². The maximum atomic E-state index is 12.9. The van der Waals surface area contributed by atoms with E-state index in [1.807, 2.05) is 36.1 Å². The van der Waals surface area contributed by atoms with E-state index in [1.165, 1.54) is 11.1 Å². The lowest BCUT2D eigenvalue weighted by Crippen LogP contribution is -2.34. The number of rotatable bonds is 4. The molecule has 2 aromatic rings. The summed E-state index contributed by atoms with van der Waals surface area (Å²) in [6.45, 7) is 9.87. The molecule has 0 bridgehead atoms. The number of hydrogen-bond donors (Lipinski definition) is 1. The Kier molecular flexibility index (Phi) is 6.00. The maximum absolute atomic E-state index is 12.9. The van der Waals surface area contributed by atoms with E-state index in [2.05, 4.69) is 50.4 Å². The van der Waals surface area contributed by atoms with Crippen molar-refractivity contribution in [2.75, 3.05) is 24.2 Å². The summed E-state index contributed by atoms with van der Waals surface area (Å²) in [5.74, 6) is 1.64. The molecule has 0 saturated carbocycles. The van der Waals surface area contributed by atoms with Gasteiger partial charge in [-0.25, -0.2) is 4.79 Å². The Hall–Kier alpha value is -2.14. The molecule has 1 N–H and O–H groups in total. The van der Waals surface area contributed by atoms with Crippen LogP contribution in [0.15, 0.2) is 48.5 Å². The van der Waals surface area contributed by atoms with Gasteiger partial charge in [-0.1, -0.05) is 57.2 Å². The molecule has 3 rings (SSSR count). The lowest BCUT2D eigenvalue weighted by atomic mass is 9.87. The number of ether oxygens (including phenoxy) is 1. The average molecular weight is 385 g/mol. The van der Waals surface area contributed by atoms with Crippen LogP contribution in [0.1, 0.15) is 44.2 Å². The Morgan fingerprint density at radius 2 is 1.89 bits per heavy atom. The predicted molar refractivity (Wildman–Crippen MR) is 114 cm³/mol. The molecule has 1 saturated heterocycles. The van der Waals surface area contributed by atoms with Crippen LogP contribution < -0.4 is 10.1 Å². The molecule has 0 spiro atoms. The van der Waals surface area contributed by atoms with Crippen molar-refractivity contribution in [3.8, 4) is 5.75 Å². The van der Waals surface area contributed by atoms with Gasteiger partial charge in [-0.2, -0.15) is 0 Å². The van der Waals surface area contributed by atoms with Gasteiger partial charge in [-0.3, -0.25) is 0 Å². The van der Waals surface area contributed by atoms with E-state index >= 15 is 0 Å². The van der Waals surface area contributed by atoms with Crippen molar-refractivity contribution in [1.82, 2.24) is 4.90 Å². The number of amides is 2. The molecular formula is C22H28N2O2S. The number of thioether (sulfide) groups is 1. The summed E-state index contributed by atoms with van der Waals surface area (Å²) in [7, 11) is 0. The van der Waals surface area contributed by atoms with Gasteiger partial charge in [0.1, 0.15) is 11.1 Å². The number of nitrogens with one attached hydrogen (secondary N) is 1. The van der Waals surface area contributed by atoms with Crippen LogP contribution in [0, 0.1) is 0 Å². The van der Waals surface area contributed by atoms with Crippen LogP contribution in [0.2, 0.25) is 0 Å². The predicted octanol–water partition coefficient (Wildman–Crippen LogP) is 5.66. The van der Waals surface area contributed by atoms with Gasteiger partial charge in [-0.05, 0) is 35.6 Å². The van der Waals surface area contributed by atoms with E-state index in [0.717, 1.165) is 12.3 Å². The lowest BCUT2D eigenvalue weighted by molar-refractivity contribution is 0.214. The first-order valence-electron chi connectivity index (χ1n) is 9.41. The second-order valence-corrected chi connectivity index (χ2v) is 8.84. The molecule has 4 nitrogen and oxygen atoms in total. The highest BCUT2D eigenvalue weighted by Crippen LogP contribution is 2.39. The number of carbonyl (C=O) groups excluding carboxylic acids is 1. The highest BCUT2D eigenvalue weighted by atomic mass is 32.2. The molecule has 27 heavy (non-hydrogen) atoms. The molecule has 0 unspecified atom stereocenters. The Balaban J connectivity index is 1.75. The van der Waals surface area contributed by atoms with E-state index in [-0.39, 0.29) is 16.8 Å². The van der Waals surface area contributed by atoms with Gasteiger partial charge < -0.3 is 15.0 Å². The fourth-order valence-corrected chi connectivity index (χ4v) is 4.40. The summed E-state index contributed by atoms with van der Waals surface area (Å²) in [4.78, 5) is 14.8. The minimum Gasteiger partial charge on any atom is -0.492 e. The lowest BCUT2D eigenvalue weighted by Gasteiger charge is -2.26. The molecule has 144 valence electrons. The molecule has 0 radical (unpaired) electrons. The van der Waals surface area contributed by atoms with Gasteiger partial charge in [-0.15, -0.1) is 11.8 Å². The number of nitrogens with zero attached hydrogens (tertiary/aromatic N) is 1. The van der Waals surface area contributed by atoms with Crippen LogP contribution in [0.3, 0.4) is 0 Å². The van der Waals surface area contributed by atoms with Crippen LogP contribution in [-0.2, 0) is 5.41 Å². The quantitative estimate of drug-likeness (QED) is 0.739. The normalized spacial score (nSPS) is 17.0. The third kappa shape index (κ3) is 4.59. The van der Waals surface area contributed by atoms with E-state index < -0.39 is 0 Å². The first-order valence-corrected chi connectivity index (χ1v) is 10.5. The molecule has 1 fully saturated rings. The summed E-state index contributed by atoms with van der Waals surface area (Å²) in [6.07, 6.45) is 0. The SMILES string of the molecule is CCOc1ccccc1NC(=O)N1CCS[C@@H]1c1ccc(C(C)(C)C)cc1. The van der Waals surface area contributed by atoms with Crippen LogP contribution in [0.5, 0.6) is 5.75 Å². The number of hydrogen-bond acceptors (Lipinski definition) is 3. The van der Waals surface area contributed by atoms with Crippen molar-refractivity contribution in [3.63, 3.8) is 0 Å². The summed E-state index contributed by atoms with van der Waals surface area (Å²) in [6, 6.07) is 16.1. The topological polar surface area (TPSA) is 41.6 Å². The Morgan fingerprint density at radius 3 is 2.56 bits per heavy atom. The summed E-state index contributed by atoms with van der Waals surface area (Å²) in [5.41, 5.74) is 3.30. The monoisotopic (exact) mass is 384 g/mol. The molecular weight excluding hydrogens is 356 g/mol. The summed E-state index contributed by atoms with van der Waals surface area (Å²) < 4.78 is 5.62. The standard InChI is InChI=1S/C22H28N2O2S/c1-5-26-19-9-7-6-8-18(19)23-21(25)24-14-15-27-20(24)16-10-12-17(13-11-16)22(2,3)4/h6-13,20H,5,14-15H2,1-4H3,(H,23,25)/t20-/m1/s1. The second-order valence-electron chi connectivity index (χ2n) is 7.65. The van der Waals surface area contributed by atoms with E-state index in [1.54, 1.807) is 11.8 Å². The van der Waals surface area contributed by atoms with E-state index in [0.29, 0.717) is 18.0 Å². The van der Waals surface area contributed by atoms with Crippen molar-refractivity contribution in [1.29, 1.82) is 0 Å². The molecule has 2 aromatic carbocycles. The van der Waals surface area contributed by atoms with Gasteiger partial charge in [0.25, 0.3) is 0 Å². The molecule has 1 heterocycles. The largest absolute Gasteiger partial charge is 0.492 e. The molecule has 5 heteroatoms. The maximum Gasteiger partial charge on any atom is 0.323 e. The van der Waals surface area contributed by atoms with Crippen LogP contribution in [0.4, 0.5) is 10.5 Å². The van der Waals surface area contributed by atoms with Gasteiger partial charge in [0.05, 0.1) is 12.3 Å². The second kappa shape index (κ2) is 8.26. The molecule has 0 aromatic heterocycles. The average Bonchev–Trinajstić information content (AvgIpc) is 3.13. The molecule has 0 aliphatic carbocycles. The minimum absolute atomic E-state index is 0.0401. The Bertz CT molecular complexity index is 784. The van der Waals surface area contributed by atoms with Crippen LogP contribution in [0.25, 0.3) is 0 Å². The fourth-order valence-electron chi connectivity index (χ4n) is 3.14. The fraction of sp³-hybridized carbons (Fsp3) is 0.409. The van der Waals surface area contributed by atoms with Crippen molar-refractivity contribution < 1.29 is 9.53 Å². The Labute approximate surface area is 166 Å². The number of benzene rings is 2. The minimum atomic E-state index is -0.0861. The van der Waals surface area contributed by atoms with Crippen molar-refractivity contribution in [3.05, 3.63) is 59.7 Å². The highest BCUT2D eigenvalue weighted by molar-refractivity contribution is 7.99. The van der Waals surface area contributed by atoms with Crippen LogP contribution in [-0.4, -0.2) is 29.8 Å². The summed E-state index contributed by atoms with van der Waals surface area (Å²) in [5, 5.41) is 3.06. The Morgan fingerprint density at radius 1 is 1.19 bits per heavy atom. The molecule has 2 amide bonds. The third-order valence-corrected chi connectivity index (χ3v) is 5.90. The molecule has 1 aliphatic rings. The number of urea groups is 1. The number of para-hydroxylation sites is 2. The zero-order chi connectivity index (χ0) is 19.4. The molecule has 1 atom stereocenters. The summed E-state index contributed by atoms with van der Waals surface area (Å²) >= 11 is 1.80. The third-order valence-electron chi connectivity index (χ3n) is 4.64. The number of anilines is 1. The zero-order valence-corrected chi connectivity index (χ0v) is 17.3. The van der Waals surface area contributed by atoms with Gasteiger partial charge in [0, 0.05) is 12.3 Å². The smallest absolute Gasteiger partial charge is 0.323 e. The van der Waals surface area contributed by atoms with Crippen LogP contribution >= 0.6 is 11.8 Å². The van der Waals surface area contributed by atoms with Crippen molar-refractivity contribution in [2.24, 2.45) is 0 Å².